The average molecular weight is 376 g/mol. The lowest BCUT2D eigenvalue weighted by Crippen LogP contribution is -2.38. The number of hydrogen-bond acceptors (Lipinski definition) is 4. The minimum atomic E-state index is -0.152. The van der Waals surface area contributed by atoms with Crippen LogP contribution < -0.4 is 5.32 Å². The number of nitrogens with zero attached hydrogens (tertiary/aromatic N) is 2. The standard InChI is InChI=1S/C18H18ClN3O2S/c19-16-4-2-1-3-13(16)10-22-11-14(9-18(22)24)21-17(23)12-25-15-5-7-20-8-6-15/h1-8,14H,9-12H2,(H,21,23). The molecule has 1 aromatic carbocycles. The quantitative estimate of drug-likeness (QED) is 0.788. The van der Waals surface area contributed by atoms with Crippen molar-refractivity contribution in [3.05, 3.63) is 59.4 Å². The van der Waals surface area contributed by atoms with Gasteiger partial charge >= 0.3 is 0 Å². The predicted molar refractivity (Wildman–Crippen MR) is 98.4 cm³/mol. The number of carbonyl (C=O) groups is 2. The number of hydrogen-bond donors (Lipinski definition) is 1. The van der Waals surface area contributed by atoms with Crippen molar-refractivity contribution in [2.45, 2.75) is 23.9 Å². The van der Waals surface area contributed by atoms with Crippen LogP contribution in [0.1, 0.15) is 12.0 Å². The van der Waals surface area contributed by atoms with Gasteiger partial charge in [-0.3, -0.25) is 14.6 Å². The predicted octanol–water partition coefficient (Wildman–Crippen LogP) is 2.74. The molecule has 25 heavy (non-hydrogen) atoms. The number of pyridine rings is 1. The molecule has 3 rings (SSSR count). The zero-order valence-electron chi connectivity index (χ0n) is 13.5. The molecule has 1 unspecified atom stereocenters. The van der Waals surface area contributed by atoms with E-state index in [9.17, 15) is 9.59 Å². The Kier molecular flexibility index (Phi) is 5.94. The number of likely N-dealkylation sites (tertiary alicyclic amines) is 1. The Morgan fingerprint density at radius 2 is 2.04 bits per heavy atom. The average Bonchev–Trinajstić information content (AvgIpc) is 2.95. The van der Waals surface area contributed by atoms with E-state index in [1.54, 1.807) is 17.3 Å². The van der Waals surface area contributed by atoms with Crippen LogP contribution in [0.2, 0.25) is 5.02 Å². The highest BCUT2D eigenvalue weighted by Crippen LogP contribution is 2.21. The topological polar surface area (TPSA) is 62.3 Å². The monoisotopic (exact) mass is 375 g/mol. The minimum absolute atomic E-state index is 0.0343. The number of nitrogens with one attached hydrogen (secondary N) is 1. The fraction of sp³-hybridized carbons (Fsp3) is 0.278. The van der Waals surface area contributed by atoms with Crippen LogP contribution in [0.5, 0.6) is 0 Å². The normalized spacial score (nSPS) is 16.9. The highest BCUT2D eigenvalue weighted by atomic mass is 35.5. The molecule has 1 aromatic heterocycles. The Morgan fingerprint density at radius 1 is 1.28 bits per heavy atom. The van der Waals surface area contributed by atoms with Gasteiger partial charge in [0.1, 0.15) is 0 Å². The second-order valence-corrected chi connectivity index (χ2v) is 7.26. The number of halogens is 1. The lowest BCUT2D eigenvalue weighted by atomic mass is 10.2. The summed E-state index contributed by atoms with van der Waals surface area (Å²) in [5, 5.41) is 3.59. The molecule has 0 saturated carbocycles. The van der Waals surface area contributed by atoms with Crippen molar-refractivity contribution in [1.82, 2.24) is 15.2 Å². The third-order valence-electron chi connectivity index (χ3n) is 3.92. The van der Waals surface area contributed by atoms with Gasteiger partial charge in [0, 0.05) is 41.8 Å². The van der Waals surface area contributed by atoms with Crippen LogP contribution in [0, 0.1) is 0 Å². The smallest absolute Gasteiger partial charge is 0.230 e. The van der Waals surface area contributed by atoms with E-state index in [0.717, 1.165) is 10.5 Å². The summed E-state index contributed by atoms with van der Waals surface area (Å²) in [5.74, 6) is 0.283. The molecule has 130 valence electrons. The molecule has 1 atom stereocenters. The van der Waals surface area contributed by atoms with Crippen molar-refractivity contribution < 1.29 is 9.59 Å². The summed E-state index contributed by atoms with van der Waals surface area (Å²) in [5.41, 5.74) is 0.915. The van der Waals surface area contributed by atoms with E-state index in [1.807, 2.05) is 36.4 Å². The van der Waals surface area contributed by atoms with Gasteiger partial charge in [-0.2, -0.15) is 0 Å². The van der Waals surface area contributed by atoms with Crippen molar-refractivity contribution in [2.24, 2.45) is 0 Å². The van der Waals surface area contributed by atoms with Gasteiger partial charge in [0.15, 0.2) is 0 Å². The number of thioether (sulfide) groups is 1. The first-order valence-electron chi connectivity index (χ1n) is 7.95. The molecule has 0 aliphatic carbocycles. The zero-order chi connectivity index (χ0) is 17.6. The second-order valence-electron chi connectivity index (χ2n) is 5.81. The summed E-state index contributed by atoms with van der Waals surface area (Å²) in [7, 11) is 0. The summed E-state index contributed by atoms with van der Waals surface area (Å²) in [4.78, 5) is 31.0. The third kappa shape index (κ3) is 4.96. The molecule has 0 bridgehead atoms. The Bertz CT molecular complexity index is 757. The van der Waals surface area contributed by atoms with E-state index < -0.39 is 0 Å². The Balaban J connectivity index is 1.49. The third-order valence-corrected chi connectivity index (χ3v) is 5.30. The van der Waals surface area contributed by atoms with E-state index in [2.05, 4.69) is 10.3 Å². The van der Waals surface area contributed by atoms with Crippen LogP contribution >= 0.6 is 23.4 Å². The number of amides is 2. The molecule has 1 fully saturated rings. The van der Waals surface area contributed by atoms with Gasteiger partial charge in [0.2, 0.25) is 11.8 Å². The van der Waals surface area contributed by atoms with E-state index >= 15 is 0 Å². The van der Waals surface area contributed by atoms with Crippen LogP contribution in [-0.2, 0) is 16.1 Å². The van der Waals surface area contributed by atoms with E-state index in [1.165, 1.54) is 11.8 Å². The molecule has 5 nitrogen and oxygen atoms in total. The SMILES string of the molecule is O=C(CSc1ccncc1)NC1CC(=O)N(Cc2ccccc2Cl)C1. The lowest BCUT2D eigenvalue weighted by Gasteiger charge is -2.18. The molecular formula is C18H18ClN3O2S. The van der Waals surface area contributed by atoms with Gasteiger partial charge in [-0.15, -0.1) is 11.8 Å². The van der Waals surface area contributed by atoms with Gasteiger partial charge in [-0.25, -0.2) is 0 Å². The Labute approximate surface area is 155 Å². The minimum Gasteiger partial charge on any atom is -0.350 e. The highest BCUT2D eigenvalue weighted by molar-refractivity contribution is 8.00. The van der Waals surface area contributed by atoms with Gasteiger partial charge in [0.05, 0.1) is 11.8 Å². The van der Waals surface area contributed by atoms with Gasteiger partial charge < -0.3 is 10.2 Å². The molecule has 1 aliphatic rings. The first kappa shape index (κ1) is 17.8. The second kappa shape index (κ2) is 8.36. The molecule has 2 heterocycles. The highest BCUT2D eigenvalue weighted by Gasteiger charge is 2.30. The molecule has 2 amide bonds. The summed E-state index contributed by atoms with van der Waals surface area (Å²) in [6, 6.07) is 11.1. The van der Waals surface area contributed by atoms with Gasteiger partial charge in [-0.1, -0.05) is 29.8 Å². The van der Waals surface area contributed by atoms with Gasteiger partial charge in [-0.05, 0) is 23.8 Å². The Hall–Kier alpha value is -2.05. The number of aromatic nitrogens is 1. The van der Waals surface area contributed by atoms with Crippen LogP contribution in [0.15, 0.2) is 53.7 Å². The van der Waals surface area contributed by atoms with Crippen LogP contribution in [0.3, 0.4) is 0 Å². The fourth-order valence-electron chi connectivity index (χ4n) is 2.71. The maximum atomic E-state index is 12.2. The molecule has 1 saturated heterocycles. The van der Waals surface area contributed by atoms with Crippen molar-refractivity contribution in [1.29, 1.82) is 0 Å². The molecule has 7 heteroatoms. The number of carbonyl (C=O) groups excluding carboxylic acids is 2. The van der Waals surface area contributed by atoms with Crippen LogP contribution in [-0.4, -0.2) is 40.0 Å². The largest absolute Gasteiger partial charge is 0.350 e. The first-order chi connectivity index (χ1) is 12.1. The zero-order valence-corrected chi connectivity index (χ0v) is 15.1. The molecule has 0 radical (unpaired) electrons. The summed E-state index contributed by atoms with van der Waals surface area (Å²) < 4.78 is 0. The van der Waals surface area contributed by atoms with Crippen molar-refractivity contribution in [2.75, 3.05) is 12.3 Å². The van der Waals surface area contributed by atoms with Crippen LogP contribution in [0.25, 0.3) is 0 Å². The lowest BCUT2D eigenvalue weighted by molar-refractivity contribution is -0.128. The summed E-state index contributed by atoms with van der Waals surface area (Å²) >= 11 is 7.61. The van der Waals surface area contributed by atoms with E-state index in [-0.39, 0.29) is 17.9 Å². The fourth-order valence-corrected chi connectivity index (χ4v) is 3.60. The molecular weight excluding hydrogens is 358 g/mol. The number of rotatable bonds is 6. The van der Waals surface area contributed by atoms with Gasteiger partial charge in [0.25, 0.3) is 0 Å². The maximum Gasteiger partial charge on any atom is 0.230 e. The number of benzene rings is 1. The van der Waals surface area contributed by atoms with Crippen molar-refractivity contribution in [3.8, 4) is 0 Å². The molecule has 1 N–H and O–H groups in total. The first-order valence-corrected chi connectivity index (χ1v) is 9.31. The summed E-state index contributed by atoms with van der Waals surface area (Å²) in [6.45, 7) is 0.979. The van der Waals surface area contributed by atoms with E-state index in [0.29, 0.717) is 30.3 Å². The van der Waals surface area contributed by atoms with E-state index in [4.69, 9.17) is 11.6 Å². The molecule has 0 spiro atoms. The molecule has 2 aromatic rings. The Morgan fingerprint density at radius 3 is 2.80 bits per heavy atom. The van der Waals surface area contributed by atoms with Crippen molar-refractivity contribution >= 4 is 35.2 Å². The maximum absolute atomic E-state index is 12.2. The summed E-state index contributed by atoms with van der Waals surface area (Å²) in [6.07, 6.45) is 3.72. The van der Waals surface area contributed by atoms with Crippen LogP contribution in [0.4, 0.5) is 0 Å². The van der Waals surface area contributed by atoms with Crippen molar-refractivity contribution in [3.63, 3.8) is 0 Å². The molecule has 1 aliphatic heterocycles.